The highest BCUT2D eigenvalue weighted by Crippen LogP contribution is 2.25. The fraction of sp³-hybridized carbons (Fsp3) is 0.538. The normalized spacial score (nSPS) is 12.4. The monoisotopic (exact) mass is 318 g/mol. The Kier molecular flexibility index (Phi) is 5.41. The second kappa shape index (κ2) is 6.48. The molecule has 0 aliphatic rings. The van der Waals surface area contributed by atoms with Gasteiger partial charge in [-0.3, -0.25) is 10.1 Å². The molecular formula is C13H19FN2O4S. The third kappa shape index (κ3) is 3.76. The van der Waals surface area contributed by atoms with E-state index in [1.54, 1.807) is 0 Å². The summed E-state index contributed by atoms with van der Waals surface area (Å²) in [6.45, 7) is 5.60. The SMILES string of the molecule is CCC(CC)(CC)NS(=O)(=O)c1ccc([N+](=O)[O-])c(F)c1. The molecule has 1 aromatic rings. The Hall–Kier alpha value is -1.54. The molecule has 0 heterocycles. The van der Waals surface area contributed by atoms with Gasteiger partial charge in [0.25, 0.3) is 0 Å². The van der Waals surface area contributed by atoms with Crippen molar-refractivity contribution in [3.8, 4) is 0 Å². The fourth-order valence-corrected chi connectivity index (χ4v) is 3.74. The van der Waals surface area contributed by atoms with Crippen LogP contribution in [-0.2, 0) is 10.0 Å². The molecule has 0 spiro atoms. The van der Waals surface area contributed by atoms with Gasteiger partial charge in [0.2, 0.25) is 15.8 Å². The molecule has 0 amide bonds. The Morgan fingerprint density at radius 1 is 1.24 bits per heavy atom. The largest absolute Gasteiger partial charge is 0.304 e. The van der Waals surface area contributed by atoms with Crippen molar-refractivity contribution in [2.45, 2.75) is 50.5 Å². The van der Waals surface area contributed by atoms with Gasteiger partial charge in [0, 0.05) is 17.7 Å². The summed E-state index contributed by atoms with van der Waals surface area (Å²) in [5.41, 5.74) is -1.35. The van der Waals surface area contributed by atoms with E-state index in [9.17, 15) is 22.9 Å². The minimum atomic E-state index is -3.93. The molecule has 0 aromatic heterocycles. The van der Waals surface area contributed by atoms with E-state index in [-0.39, 0.29) is 4.90 Å². The Labute approximate surface area is 123 Å². The quantitative estimate of drug-likeness (QED) is 0.618. The summed E-state index contributed by atoms with van der Waals surface area (Å²) >= 11 is 0. The summed E-state index contributed by atoms with van der Waals surface area (Å²) in [4.78, 5) is 9.34. The molecule has 0 atom stereocenters. The summed E-state index contributed by atoms with van der Waals surface area (Å²) in [6, 6.07) is 2.57. The zero-order valence-electron chi connectivity index (χ0n) is 12.2. The van der Waals surface area contributed by atoms with Crippen LogP contribution >= 0.6 is 0 Å². The van der Waals surface area contributed by atoms with Gasteiger partial charge in [0.05, 0.1) is 9.82 Å². The highest BCUT2D eigenvalue weighted by atomic mass is 32.2. The minimum Gasteiger partial charge on any atom is -0.258 e. The number of nitro groups is 1. The maximum atomic E-state index is 13.6. The van der Waals surface area contributed by atoms with E-state index in [1.165, 1.54) is 0 Å². The summed E-state index contributed by atoms with van der Waals surface area (Å²) in [5, 5.41) is 10.6. The Balaban J connectivity index is 3.20. The highest BCUT2D eigenvalue weighted by molar-refractivity contribution is 7.89. The van der Waals surface area contributed by atoms with Crippen LogP contribution < -0.4 is 4.72 Å². The van der Waals surface area contributed by atoms with Gasteiger partial charge in [0.15, 0.2) is 0 Å². The van der Waals surface area contributed by atoms with E-state index in [0.29, 0.717) is 25.3 Å². The van der Waals surface area contributed by atoms with E-state index in [4.69, 9.17) is 0 Å². The molecule has 0 saturated heterocycles. The molecule has 1 aromatic carbocycles. The molecule has 6 nitrogen and oxygen atoms in total. The van der Waals surface area contributed by atoms with Gasteiger partial charge in [-0.15, -0.1) is 0 Å². The average molecular weight is 318 g/mol. The van der Waals surface area contributed by atoms with E-state index < -0.39 is 32.0 Å². The third-order valence-electron chi connectivity index (χ3n) is 3.81. The van der Waals surface area contributed by atoms with E-state index in [0.717, 1.165) is 12.1 Å². The number of hydrogen-bond acceptors (Lipinski definition) is 4. The molecule has 0 bridgehead atoms. The van der Waals surface area contributed by atoms with Gasteiger partial charge in [-0.1, -0.05) is 20.8 Å². The first-order valence-electron chi connectivity index (χ1n) is 6.69. The van der Waals surface area contributed by atoms with Crippen LogP contribution in [0.3, 0.4) is 0 Å². The van der Waals surface area contributed by atoms with E-state index >= 15 is 0 Å². The van der Waals surface area contributed by atoms with Gasteiger partial charge < -0.3 is 0 Å². The number of nitrogens with one attached hydrogen (secondary N) is 1. The maximum Gasteiger partial charge on any atom is 0.304 e. The Bertz CT molecular complexity index is 619. The van der Waals surface area contributed by atoms with Gasteiger partial charge in [-0.05, 0) is 25.3 Å². The van der Waals surface area contributed by atoms with Gasteiger partial charge in [-0.25, -0.2) is 13.1 Å². The van der Waals surface area contributed by atoms with Gasteiger partial charge in [0.1, 0.15) is 0 Å². The van der Waals surface area contributed by atoms with Crippen LogP contribution in [0.25, 0.3) is 0 Å². The number of rotatable bonds is 7. The van der Waals surface area contributed by atoms with Crippen molar-refractivity contribution in [2.24, 2.45) is 0 Å². The first-order chi connectivity index (χ1) is 9.71. The number of hydrogen-bond donors (Lipinski definition) is 1. The van der Waals surface area contributed by atoms with Crippen molar-refractivity contribution in [1.29, 1.82) is 0 Å². The number of sulfonamides is 1. The molecule has 0 unspecified atom stereocenters. The topological polar surface area (TPSA) is 89.3 Å². The molecule has 0 aliphatic carbocycles. The minimum absolute atomic E-state index is 0.315. The lowest BCUT2D eigenvalue weighted by Crippen LogP contribution is -2.46. The van der Waals surface area contributed by atoms with Crippen LogP contribution in [0.5, 0.6) is 0 Å². The van der Waals surface area contributed by atoms with Crippen LogP contribution in [0.4, 0.5) is 10.1 Å². The molecule has 118 valence electrons. The molecular weight excluding hydrogens is 299 g/mol. The Morgan fingerprint density at radius 3 is 2.14 bits per heavy atom. The summed E-state index contributed by atoms with van der Waals surface area (Å²) in [5.74, 6) is -1.17. The first-order valence-corrected chi connectivity index (χ1v) is 8.17. The lowest BCUT2D eigenvalue weighted by atomic mass is 9.91. The Morgan fingerprint density at radius 2 is 1.76 bits per heavy atom. The van der Waals surface area contributed by atoms with Crippen LogP contribution in [-0.4, -0.2) is 18.9 Å². The fourth-order valence-electron chi connectivity index (χ4n) is 2.11. The van der Waals surface area contributed by atoms with Crippen LogP contribution in [0.1, 0.15) is 40.0 Å². The maximum absolute atomic E-state index is 13.6. The summed E-state index contributed by atoms with van der Waals surface area (Å²) < 4.78 is 40.8. The number of nitro benzene ring substituents is 1. The number of benzene rings is 1. The molecule has 0 radical (unpaired) electrons. The van der Waals surface area contributed by atoms with Gasteiger partial charge >= 0.3 is 5.69 Å². The molecule has 0 fully saturated rings. The summed E-state index contributed by atoms with van der Waals surface area (Å²) in [6.07, 6.45) is 1.78. The van der Waals surface area contributed by atoms with Crippen molar-refractivity contribution >= 4 is 15.7 Å². The predicted octanol–water partition coefficient (Wildman–Crippen LogP) is 2.98. The number of halogens is 1. The van der Waals surface area contributed by atoms with Crippen LogP contribution in [0.2, 0.25) is 0 Å². The number of nitrogens with zero attached hydrogens (tertiary/aromatic N) is 1. The molecule has 0 saturated carbocycles. The van der Waals surface area contributed by atoms with Crippen LogP contribution in [0, 0.1) is 15.9 Å². The van der Waals surface area contributed by atoms with E-state index in [1.807, 2.05) is 20.8 Å². The molecule has 1 N–H and O–H groups in total. The van der Waals surface area contributed by atoms with Crippen molar-refractivity contribution < 1.29 is 17.7 Å². The lowest BCUT2D eigenvalue weighted by molar-refractivity contribution is -0.387. The second-order valence-electron chi connectivity index (χ2n) is 4.82. The standard InChI is InChI=1S/C13H19FN2O4S/c1-4-13(5-2,6-3)15-21(19,20)10-7-8-12(16(17)18)11(14)9-10/h7-9,15H,4-6H2,1-3H3. The van der Waals surface area contributed by atoms with Crippen molar-refractivity contribution in [2.75, 3.05) is 0 Å². The zero-order valence-corrected chi connectivity index (χ0v) is 13.0. The van der Waals surface area contributed by atoms with Crippen molar-refractivity contribution in [3.05, 3.63) is 34.1 Å². The highest BCUT2D eigenvalue weighted by Gasteiger charge is 2.31. The first kappa shape index (κ1) is 17.5. The third-order valence-corrected chi connectivity index (χ3v) is 5.38. The van der Waals surface area contributed by atoms with Crippen LogP contribution in [0.15, 0.2) is 23.1 Å². The zero-order chi connectivity index (χ0) is 16.3. The van der Waals surface area contributed by atoms with E-state index in [2.05, 4.69) is 4.72 Å². The van der Waals surface area contributed by atoms with Crippen molar-refractivity contribution in [1.82, 2.24) is 4.72 Å². The summed E-state index contributed by atoms with van der Waals surface area (Å²) in [7, 11) is -3.93. The van der Waals surface area contributed by atoms with Crippen molar-refractivity contribution in [3.63, 3.8) is 0 Å². The average Bonchev–Trinajstić information content (AvgIpc) is 2.44. The molecule has 8 heteroatoms. The molecule has 0 aliphatic heterocycles. The smallest absolute Gasteiger partial charge is 0.258 e. The lowest BCUT2D eigenvalue weighted by Gasteiger charge is -2.31. The molecule has 21 heavy (non-hydrogen) atoms. The molecule has 1 rings (SSSR count). The predicted molar refractivity (Wildman–Crippen MR) is 77.0 cm³/mol. The van der Waals surface area contributed by atoms with Gasteiger partial charge in [-0.2, -0.15) is 4.39 Å². The second-order valence-corrected chi connectivity index (χ2v) is 6.50.